The van der Waals surface area contributed by atoms with E-state index in [1.807, 2.05) is 18.2 Å². The number of nitrogens with one attached hydrogen (secondary N) is 1. The lowest BCUT2D eigenvalue weighted by atomic mass is 10.2. The number of nitrogens with zero attached hydrogens (tertiary/aromatic N) is 2. The maximum atomic E-state index is 12.3. The van der Waals surface area contributed by atoms with Crippen LogP contribution in [0, 0.1) is 0 Å². The predicted molar refractivity (Wildman–Crippen MR) is 115 cm³/mol. The van der Waals surface area contributed by atoms with Gasteiger partial charge in [-0.2, -0.15) is 0 Å². The molecule has 3 N–H and O–H groups in total. The van der Waals surface area contributed by atoms with Gasteiger partial charge >= 0.3 is 0 Å². The Balaban J connectivity index is 1.50. The number of anilines is 1. The predicted octanol–water partition coefficient (Wildman–Crippen LogP) is 4.25. The number of aromatic nitrogens is 2. The average molecular weight is 427 g/mol. The molecule has 0 unspecified atom stereocenters. The summed E-state index contributed by atoms with van der Waals surface area (Å²) in [5, 5.41) is 6.60. The van der Waals surface area contributed by atoms with Crippen molar-refractivity contribution >= 4 is 61.5 Å². The molecule has 4 aromatic rings. The highest BCUT2D eigenvalue weighted by atomic mass is 32.2. The second-order valence-electron chi connectivity index (χ2n) is 5.74. The van der Waals surface area contributed by atoms with Crippen LogP contribution in [0.2, 0.25) is 0 Å². The van der Waals surface area contributed by atoms with Crippen molar-refractivity contribution in [1.29, 1.82) is 0 Å². The van der Waals surface area contributed by atoms with E-state index in [0.717, 1.165) is 25.7 Å². The Kier molecular flexibility index (Phi) is 5.38. The fourth-order valence-corrected chi connectivity index (χ4v) is 5.24. The summed E-state index contributed by atoms with van der Waals surface area (Å²) in [6.45, 7) is 0. The third kappa shape index (κ3) is 3.91. The van der Waals surface area contributed by atoms with Gasteiger partial charge in [-0.05, 0) is 23.1 Å². The maximum absolute atomic E-state index is 12.3. The zero-order valence-electron chi connectivity index (χ0n) is 14.4. The molecule has 0 radical (unpaired) electrons. The molecule has 3 aromatic heterocycles. The van der Waals surface area contributed by atoms with Crippen molar-refractivity contribution in [3.05, 3.63) is 59.7 Å². The van der Waals surface area contributed by atoms with Crippen molar-refractivity contribution in [3.8, 4) is 10.4 Å². The monoisotopic (exact) mass is 426 g/mol. The first-order valence-corrected chi connectivity index (χ1v) is 10.9. The molecule has 140 valence electrons. The van der Waals surface area contributed by atoms with Gasteiger partial charge in [-0.25, -0.2) is 9.97 Å². The highest BCUT2D eigenvalue weighted by Crippen LogP contribution is 2.36. The van der Waals surface area contributed by atoms with Crippen LogP contribution in [0.4, 0.5) is 5.00 Å². The number of carbonyl (C=O) groups excluding carboxylic acids is 2. The molecule has 1 aromatic carbocycles. The van der Waals surface area contributed by atoms with Crippen LogP contribution in [0.1, 0.15) is 10.4 Å². The molecule has 0 bridgehead atoms. The highest BCUT2D eigenvalue weighted by Gasteiger charge is 2.15. The second-order valence-corrected chi connectivity index (χ2v) is 8.65. The number of hydrogen-bond acceptors (Lipinski definition) is 7. The maximum Gasteiger partial charge on any atom is 0.251 e. The van der Waals surface area contributed by atoms with Crippen molar-refractivity contribution in [1.82, 2.24) is 9.97 Å². The zero-order chi connectivity index (χ0) is 19.5. The topological polar surface area (TPSA) is 98.0 Å². The Hall–Kier alpha value is -2.75. The largest absolute Gasteiger partial charge is 0.366 e. The summed E-state index contributed by atoms with van der Waals surface area (Å²) < 4.78 is 0. The first-order chi connectivity index (χ1) is 13.6. The summed E-state index contributed by atoms with van der Waals surface area (Å²) in [4.78, 5) is 34.3. The third-order valence-electron chi connectivity index (χ3n) is 3.87. The summed E-state index contributed by atoms with van der Waals surface area (Å²) in [6.07, 6.45) is 1.51. The standard InChI is InChI=1S/C19H14N4O2S3/c20-16(25)12-6-7-26-19(12)23-15(24)9-27-17-13-8-14(11-4-2-1-3-5-11)28-18(13)22-10-21-17/h1-8,10H,9H2,(H2,20,25)(H,23,24). The van der Waals surface area contributed by atoms with Crippen molar-refractivity contribution < 1.29 is 9.59 Å². The molecule has 6 nitrogen and oxygen atoms in total. The summed E-state index contributed by atoms with van der Waals surface area (Å²) in [5.41, 5.74) is 6.75. The molecule has 0 atom stereocenters. The fourth-order valence-electron chi connectivity index (χ4n) is 2.59. The van der Waals surface area contributed by atoms with Gasteiger partial charge in [-0.3, -0.25) is 9.59 Å². The SMILES string of the molecule is NC(=O)c1ccsc1NC(=O)CSc1ncnc2sc(-c3ccccc3)cc12. The van der Waals surface area contributed by atoms with E-state index in [1.54, 1.807) is 22.8 Å². The number of fused-ring (bicyclic) bond motifs is 1. The van der Waals surface area contributed by atoms with Gasteiger partial charge in [0, 0.05) is 10.3 Å². The summed E-state index contributed by atoms with van der Waals surface area (Å²) in [6, 6.07) is 13.7. The summed E-state index contributed by atoms with van der Waals surface area (Å²) in [5.74, 6) is -0.618. The summed E-state index contributed by atoms with van der Waals surface area (Å²) >= 11 is 4.19. The van der Waals surface area contributed by atoms with Crippen LogP contribution in [-0.4, -0.2) is 27.5 Å². The van der Waals surface area contributed by atoms with Crippen LogP contribution in [0.25, 0.3) is 20.7 Å². The van der Waals surface area contributed by atoms with E-state index in [1.165, 1.54) is 29.4 Å². The Morgan fingerprint density at radius 3 is 2.75 bits per heavy atom. The molecule has 28 heavy (non-hydrogen) atoms. The first-order valence-electron chi connectivity index (χ1n) is 8.22. The lowest BCUT2D eigenvalue weighted by Crippen LogP contribution is -2.17. The molecule has 0 saturated carbocycles. The van der Waals surface area contributed by atoms with Gasteiger partial charge in [0.1, 0.15) is 21.2 Å². The molecule has 0 aliphatic rings. The molecular weight excluding hydrogens is 412 g/mol. The molecule has 3 heterocycles. The fraction of sp³-hybridized carbons (Fsp3) is 0.0526. The van der Waals surface area contributed by atoms with E-state index in [2.05, 4.69) is 33.5 Å². The molecule has 0 fully saturated rings. The lowest BCUT2D eigenvalue weighted by Gasteiger charge is -2.04. The average Bonchev–Trinajstić information content (AvgIpc) is 3.34. The van der Waals surface area contributed by atoms with Gasteiger partial charge in [0.25, 0.3) is 5.91 Å². The van der Waals surface area contributed by atoms with E-state index < -0.39 is 5.91 Å². The lowest BCUT2D eigenvalue weighted by molar-refractivity contribution is -0.113. The number of thioether (sulfide) groups is 1. The number of carbonyl (C=O) groups is 2. The van der Waals surface area contributed by atoms with E-state index in [0.29, 0.717) is 10.6 Å². The molecule has 0 aliphatic heterocycles. The second kappa shape index (κ2) is 8.09. The minimum Gasteiger partial charge on any atom is -0.366 e. The number of benzene rings is 1. The third-order valence-corrected chi connectivity index (χ3v) is 6.80. The number of amides is 2. The zero-order valence-corrected chi connectivity index (χ0v) is 16.9. The van der Waals surface area contributed by atoms with Crippen molar-refractivity contribution in [3.63, 3.8) is 0 Å². The molecule has 0 saturated heterocycles. The van der Waals surface area contributed by atoms with Crippen molar-refractivity contribution in [2.24, 2.45) is 5.73 Å². The molecule has 4 rings (SSSR count). The number of primary amides is 1. The smallest absolute Gasteiger partial charge is 0.251 e. The van der Waals surface area contributed by atoms with Gasteiger partial charge in [0.05, 0.1) is 11.3 Å². The number of rotatable bonds is 6. The molecule has 2 amide bonds. The first kappa shape index (κ1) is 18.6. The van der Waals surface area contributed by atoms with Crippen LogP contribution in [0.15, 0.2) is 59.2 Å². The van der Waals surface area contributed by atoms with Gasteiger partial charge in [0.15, 0.2) is 0 Å². The van der Waals surface area contributed by atoms with E-state index >= 15 is 0 Å². The van der Waals surface area contributed by atoms with Crippen LogP contribution >= 0.6 is 34.4 Å². The normalized spacial score (nSPS) is 10.9. The summed E-state index contributed by atoms with van der Waals surface area (Å²) in [7, 11) is 0. The minimum absolute atomic E-state index is 0.165. The molecule has 0 spiro atoms. The van der Waals surface area contributed by atoms with E-state index in [4.69, 9.17) is 5.73 Å². The Morgan fingerprint density at radius 1 is 1.14 bits per heavy atom. The molecular formula is C19H14N4O2S3. The highest BCUT2D eigenvalue weighted by molar-refractivity contribution is 8.00. The van der Waals surface area contributed by atoms with E-state index in [-0.39, 0.29) is 11.7 Å². The van der Waals surface area contributed by atoms with Crippen molar-refractivity contribution in [2.75, 3.05) is 11.1 Å². The Bertz CT molecular complexity index is 1150. The quantitative estimate of drug-likeness (QED) is 0.355. The van der Waals surface area contributed by atoms with Gasteiger partial charge in [-0.15, -0.1) is 22.7 Å². The Labute approximate surface area is 172 Å². The Morgan fingerprint density at radius 2 is 1.96 bits per heavy atom. The minimum atomic E-state index is -0.562. The van der Waals surface area contributed by atoms with Gasteiger partial charge < -0.3 is 11.1 Å². The number of thiophene rings is 2. The van der Waals surface area contributed by atoms with Crippen molar-refractivity contribution in [2.45, 2.75) is 5.03 Å². The van der Waals surface area contributed by atoms with E-state index in [9.17, 15) is 9.59 Å². The molecule has 0 aliphatic carbocycles. The van der Waals surface area contributed by atoms with Gasteiger partial charge in [-0.1, -0.05) is 42.1 Å². The number of nitrogens with two attached hydrogens (primary N) is 1. The van der Waals surface area contributed by atoms with Crippen LogP contribution in [0.3, 0.4) is 0 Å². The van der Waals surface area contributed by atoms with Crippen LogP contribution in [-0.2, 0) is 4.79 Å². The number of hydrogen-bond donors (Lipinski definition) is 2. The van der Waals surface area contributed by atoms with Gasteiger partial charge in [0.2, 0.25) is 5.91 Å². The van der Waals surface area contributed by atoms with Crippen LogP contribution < -0.4 is 11.1 Å². The molecule has 9 heteroatoms. The van der Waals surface area contributed by atoms with Crippen LogP contribution in [0.5, 0.6) is 0 Å².